The molecule has 8 nitrogen and oxygen atoms in total. The van der Waals surface area contributed by atoms with Gasteiger partial charge in [0.1, 0.15) is 0 Å². The van der Waals surface area contributed by atoms with Crippen molar-refractivity contribution in [3.05, 3.63) is 39.9 Å². The quantitative estimate of drug-likeness (QED) is 0.572. The fourth-order valence-electron chi connectivity index (χ4n) is 2.17. The molecule has 1 N–H and O–H groups in total. The van der Waals surface area contributed by atoms with Crippen LogP contribution in [0.1, 0.15) is 5.56 Å². The van der Waals surface area contributed by atoms with E-state index in [4.69, 9.17) is 4.74 Å². The van der Waals surface area contributed by atoms with Crippen molar-refractivity contribution in [1.82, 2.24) is 9.62 Å². The average Bonchev–Trinajstić information content (AvgIpc) is 2.48. The van der Waals surface area contributed by atoms with Gasteiger partial charge in [-0.1, -0.05) is 12.1 Å². The predicted octanol–water partition coefficient (Wildman–Crippen LogP) is 0.346. The molecule has 9 heteroatoms. The van der Waals surface area contributed by atoms with Crippen LogP contribution < -0.4 is 4.72 Å². The summed E-state index contributed by atoms with van der Waals surface area (Å²) in [6.07, 6.45) is 0. The second-order valence-electron chi connectivity index (χ2n) is 5.03. The molecule has 1 aromatic carbocycles. The van der Waals surface area contributed by atoms with Gasteiger partial charge in [-0.3, -0.25) is 15.0 Å². The number of hydrogen-bond acceptors (Lipinski definition) is 6. The third kappa shape index (κ3) is 5.34. The summed E-state index contributed by atoms with van der Waals surface area (Å²) in [7, 11) is -3.45. The number of nitrogens with zero attached hydrogens (tertiary/aromatic N) is 2. The minimum atomic E-state index is -3.45. The first-order valence-electron chi connectivity index (χ1n) is 6.97. The van der Waals surface area contributed by atoms with Crippen molar-refractivity contribution in [1.29, 1.82) is 0 Å². The molecule has 122 valence electrons. The SMILES string of the molecule is O=[N+]([O-])c1ccc(CS(=O)(=O)NCCN2CCOCC2)cc1. The minimum absolute atomic E-state index is 0.0542. The van der Waals surface area contributed by atoms with E-state index < -0.39 is 14.9 Å². The first-order valence-corrected chi connectivity index (χ1v) is 8.62. The molecule has 1 saturated heterocycles. The Balaban J connectivity index is 1.81. The summed E-state index contributed by atoms with van der Waals surface area (Å²) in [6, 6.07) is 5.52. The summed E-state index contributed by atoms with van der Waals surface area (Å²) in [4.78, 5) is 12.2. The molecule has 22 heavy (non-hydrogen) atoms. The van der Waals surface area contributed by atoms with Crippen molar-refractivity contribution in [3.63, 3.8) is 0 Å². The zero-order valence-electron chi connectivity index (χ0n) is 12.1. The number of nitro groups is 1. The molecule has 0 aromatic heterocycles. The van der Waals surface area contributed by atoms with Crippen molar-refractivity contribution >= 4 is 15.7 Å². The highest BCUT2D eigenvalue weighted by atomic mass is 32.2. The van der Waals surface area contributed by atoms with E-state index in [1.54, 1.807) is 0 Å². The van der Waals surface area contributed by atoms with Crippen LogP contribution in [-0.2, 0) is 20.5 Å². The molecule has 1 fully saturated rings. The lowest BCUT2D eigenvalue weighted by molar-refractivity contribution is -0.384. The van der Waals surface area contributed by atoms with Crippen molar-refractivity contribution in [2.24, 2.45) is 0 Å². The van der Waals surface area contributed by atoms with Crippen molar-refractivity contribution < 1.29 is 18.1 Å². The summed E-state index contributed by atoms with van der Waals surface area (Å²) in [5, 5.41) is 10.6. The molecule has 0 saturated carbocycles. The lowest BCUT2D eigenvalue weighted by atomic mass is 10.2. The number of nitrogens with one attached hydrogen (secondary N) is 1. The Morgan fingerprint density at radius 2 is 1.86 bits per heavy atom. The minimum Gasteiger partial charge on any atom is -0.379 e. The molecule has 0 bridgehead atoms. The van der Waals surface area contributed by atoms with Crippen LogP contribution in [0.3, 0.4) is 0 Å². The largest absolute Gasteiger partial charge is 0.379 e. The van der Waals surface area contributed by atoms with Gasteiger partial charge in [0.2, 0.25) is 10.0 Å². The fourth-order valence-corrected chi connectivity index (χ4v) is 3.30. The van der Waals surface area contributed by atoms with Crippen LogP contribution in [0.5, 0.6) is 0 Å². The zero-order valence-corrected chi connectivity index (χ0v) is 12.9. The molecule has 2 rings (SSSR count). The normalized spacial score (nSPS) is 16.5. The molecule has 0 atom stereocenters. The Morgan fingerprint density at radius 3 is 2.45 bits per heavy atom. The van der Waals surface area contributed by atoms with E-state index in [2.05, 4.69) is 9.62 Å². The zero-order chi connectivity index (χ0) is 16.0. The number of morpholine rings is 1. The van der Waals surface area contributed by atoms with E-state index in [-0.39, 0.29) is 11.4 Å². The molecule has 0 radical (unpaired) electrons. The molecular weight excluding hydrogens is 310 g/mol. The molecule has 1 aliphatic rings. The number of ether oxygens (including phenoxy) is 1. The van der Waals surface area contributed by atoms with E-state index in [1.165, 1.54) is 24.3 Å². The topological polar surface area (TPSA) is 102 Å². The molecule has 0 spiro atoms. The van der Waals surface area contributed by atoms with E-state index in [1.807, 2.05) is 0 Å². The van der Waals surface area contributed by atoms with E-state index in [0.29, 0.717) is 31.9 Å². The van der Waals surface area contributed by atoms with Gasteiger partial charge < -0.3 is 4.74 Å². The summed E-state index contributed by atoms with van der Waals surface area (Å²) in [6.45, 7) is 3.96. The molecule has 1 heterocycles. The molecule has 0 aliphatic carbocycles. The second-order valence-corrected chi connectivity index (χ2v) is 6.84. The highest BCUT2D eigenvalue weighted by Gasteiger charge is 2.14. The maximum absolute atomic E-state index is 12.0. The third-order valence-corrected chi connectivity index (χ3v) is 4.71. The maximum atomic E-state index is 12.0. The molecule has 0 amide bonds. The van der Waals surface area contributed by atoms with Gasteiger partial charge in [-0.05, 0) is 5.56 Å². The lowest BCUT2D eigenvalue weighted by Crippen LogP contribution is -2.41. The number of sulfonamides is 1. The van der Waals surface area contributed by atoms with Gasteiger partial charge in [0, 0.05) is 38.3 Å². The first kappa shape index (κ1) is 16.8. The number of nitro benzene ring substituents is 1. The summed E-state index contributed by atoms with van der Waals surface area (Å²) in [5.74, 6) is -0.186. The Morgan fingerprint density at radius 1 is 1.23 bits per heavy atom. The monoisotopic (exact) mass is 329 g/mol. The highest BCUT2D eigenvalue weighted by molar-refractivity contribution is 7.88. The number of rotatable bonds is 7. The van der Waals surface area contributed by atoms with Gasteiger partial charge in [0.25, 0.3) is 5.69 Å². The van der Waals surface area contributed by atoms with Crippen LogP contribution in [0.2, 0.25) is 0 Å². The maximum Gasteiger partial charge on any atom is 0.269 e. The van der Waals surface area contributed by atoms with Gasteiger partial charge in [0.15, 0.2) is 0 Å². The number of benzene rings is 1. The van der Waals surface area contributed by atoms with Gasteiger partial charge in [0.05, 0.1) is 23.9 Å². The Hall–Kier alpha value is -1.55. The van der Waals surface area contributed by atoms with Gasteiger partial charge >= 0.3 is 0 Å². The summed E-state index contributed by atoms with van der Waals surface area (Å²) >= 11 is 0. The average molecular weight is 329 g/mol. The highest BCUT2D eigenvalue weighted by Crippen LogP contribution is 2.13. The smallest absolute Gasteiger partial charge is 0.269 e. The van der Waals surface area contributed by atoms with E-state index in [0.717, 1.165) is 13.1 Å². The summed E-state index contributed by atoms with van der Waals surface area (Å²) in [5.41, 5.74) is 0.464. The standard InChI is InChI=1S/C13H19N3O5S/c17-16(18)13-3-1-12(2-4-13)11-22(19,20)14-5-6-15-7-9-21-10-8-15/h1-4,14H,5-11H2. The van der Waals surface area contributed by atoms with Crippen LogP contribution in [0.25, 0.3) is 0 Å². The third-order valence-electron chi connectivity index (χ3n) is 3.36. The van der Waals surface area contributed by atoms with Crippen molar-refractivity contribution in [3.8, 4) is 0 Å². The van der Waals surface area contributed by atoms with Crippen molar-refractivity contribution in [2.75, 3.05) is 39.4 Å². The van der Waals surface area contributed by atoms with Gasteiger partial charge in [-0.15, -0.1) is 0 Å². The number of hydrogen-bond donors (Lipinski definition) is 1. The Labute approximate surface area is 129 Å². The van der Waals surface area contributed by atoms with Gasteiger partial charge in [-0.2, -0.15) is 0 Å². The Bertz CT molecular complexity index is 597. The van der Waals surface area contributed by atoms with Crippen LogP contribution in [0.4, 0.5) is 5.69 Å². The molecular formula is C13H19N3O5S. The second kappa shape index (κ2) is 7.63. The van der Waals surface area contributed by atoms with Crippen LogP contribution in [0, 0.1) is 10.1 Å². The van der Waals surface area contributed by atoms with Crippen LogP contribution in [0.15, 0.2) is 24.3 Å². The van der Waals surface area contributed by atoms with E-state index in [9.17, 15) is 18.5 Å². The van der Waals surface area contributed by atoms with Crippen LogP contribution in [-0.4, -0.2) is 57.6 Å². The predicted molar refractivity (Wildman–Crippen MR) is 81.0 cm³/mol. The molecule has 1 aromatic rings. The molecule has 0 unspecified atom stereocenters. The molecule has 1 aliphatic heterocycles. The first-order chi connectivity index (χ1) is 10.5. The Kier molecular flexibility index (Phi) is 5.83. The summed E-state index contributed by atoms with van der Waals surface area (Å²) < 4.78 is 31.7. The lowest BCUT2D eigenvalue weighted by Gasteiger charge is -2.26. The fraction of sp³-hybridized carbons (Fsp3) is 0.538. The van der Waals surface area contributed by atoms with Crippen molar-refractivity contribution in [2.45, 2.75) is 5.75 Å². The van der Waals surface area contributed by atoms with Crippen LogP contribution >= 0.6 is 0 Å². The van der Waals surface area contributed by atoms with E-state index >= 15 is 0 Å². The van der Waals surface area contributed by atoms with Gasteiger partial charge in [-0.25, -0.2) is 13.1 Å². The number of non-ortho nitro benzene ring substituents is 1.